The number of rotatable bonds is 8. The average Bonchev–Trinajstić information content (AvgIpc) is 2.76. The number of hydrogen-bond donors (Lipinski definition) is 2. The lowest BCUT2D eigenvalue weighted by Gasteiger charge is -2.35. The lowest BCUT2D eigenvalue weighted by Crippen LogP contribution is -2.45. The zero-order chi connectivity index (χ0) is 22.1. The highest BCUT2D eigenvalue weighted by Crippen LogP contribution is 2.18. The second-order valence-electron chi connectivity index (χ2n) is 8.13. The Balaban J connectivity index is 1.52. The van der Waals surface area contributed by atoms with Gasteiger partial charge >= 0.3 is 0 Å². The van der Waals surface area contributed by atoms with Crippen LogP contribution in [0.5, 0.6) is 5.75 Å². The van der Waals surface area contributed by atoms with E-state index in [1.807, 2.05) is 18.2 Å². The van der Waals surface area contributed by atoms with Gasteiger partial charge in [0.05, 0.1) is 19.3 Å². The molecular weight excluding hydrogens is 388 g/mol. The van der Waals surface area contributed by atoms with Crippen molar-refractivity contribution in [2.75, 3.05) is 33.8 Å². The van der Waals surface area contributed by atoms with Gasteiger partial charge in [0.15, 0.2) is 5.96 Å². The molecule has 2 unspecified atom stereocenters. The van der Waals surface area contributed by atoms with E-state index >= 15 is 0 Å². The number of nitrogens with zero attached hydrogens (tertiary/aromatic N) is 2. The van der Waals surface area contributed by atoms with E-state index in [0.29, 0.717) is 0 Å². The Kier molecular flexibility index (Phi) is 8.74. The van der Waals surface area contributed by atoms with Crippen LogP contribution >= 0.6 is 0 Å². The smallest absolute Gasteiger partial charge is 0.191 e. The van der Waals surface area contributed by atoms with Gasteiger partial charge < -0.3 is 20.1 Å². The van der Waals surface area contributed by atoms with E-state index in [9.17, 15) is 0 Å². The van der Waals surface area contributed by atoms with Crippen molar-refractivity contribution < 1.29 is 9.47 Å². The van der Waals surface area contributed by atoms with Gasteiger partial charge in [-0.15, -0.1) is 0 Å². The van der Waals surface area contributed by atoms with E-state index in [2.05, 4.69) is 64.7 Å². The van der Waals surface area contributed by atoms with Crippen LogP contribution in [0.2, 0.25) is 0 Å². The standard InChI is InChI=1S/C25H36N4O2/c1-19-16-29(17-20(2)31-19)18-23-11-6-5-10-22(23)15-28-25(26-3)27-14-13-21-9-7-8-12-24(21)30-4/h5-12,19-20H,13-18H2,1-4H3,(H2,26,27,28). The molecule has 168 valence electrons. The first-order valence-electron chi connectivity index (χ1n) is 11.1. The Morgan fingerprint density at radius 3 is 2.32 bits per heavy atom. The number of guanidine groups is 1. The van der Waals surface area contributed by atoms with E-state index in [-0.39, 0.29) is 12.2 Å². The molecule has 0 amide bonds. The van der Waals surface area contributed by atoms with Crippen molar-refractivity contribution in [1.29, 1.82) is 0 Å². The van der Waals surface area contributed by atoms with Crippen molar-refractivity contribution in [2.24, 2.45) is 4.99 Å². The second-order valence-corrected chi connectivity index (χ2v) is 8.13. The molecule has 2 atom stereocenters. The SMILES string of the molecule is CN=C(NCCc1ccccc1OC)NCc1ccccc1CN1CC(C)OC(C)C1. The molecule has 1 heterocycles. The number of morpholine rings is 1. The van der Waals surface area contributed by atoms with Gasteiger partial charge in [0.1, 0.15) is 5.75 Å². The van der Waals surface area contributed by atoms with Crippen LogP contribution in [0.1, 0.15) is 30.5 Å². The largest absolute Gasteiger partial charge is 0.496 e. The van der Waals surface area contributed by atoms with E-state index < -0.39 is 0 Å². The molecule has 6 heteroatoms. The molecule has 6 nitrogen and oxygen atoms in total. The summed E-state index contributed by atoms with van der Waals surface area (Å²) in [4.78, 5) is 6.86. The predicted molar refractivity (Wildman–Crippen MR) is 127 cm³/mol. The van der Waals surface area contributed by atoms with Crippen molar-refractivity contribution in [1.82, 2.24) is 15.5 Å². The molecule has 2 N–H and O–H groups in total. The lowest BCUT2D eigenvalue weighted by atomic mass is 10.1. The number of ether oxygens (including phenoxy) is 2. The predicted octanol–water partition coefficient (Wildman–Crippen LogP) is 3.21. The first kappa shape index (κ1) is 23.1. The van der Waals surface area contributed by atoms with Crippen molar-refractivity contribution in [2.45, 2.75) is 45.6 Å². The highest BCUT2D eigenvalue weighted by molar-refractivity contribution is 5.79. The zero-order valence-corrected chi connectivity index (χ0v) is 19.2. The normalized spacial score (nSPS) is 19.8. The van der Waals surface area contributed by atoms with E-state index in [4.69, 9.17) is 9.47 Å². The molecule has 1 fully saturated rings. The van der Waals surface area contributed by atoms with Crippen LogP contribution in [0, 0.1) is 0 Å². The summed E-state index contributed by atoms with van der Waals surface area (Å²) in [5, 5.41) is 6.87. The molecule has 1 aliphatic heterocycles. The summed E-state index contributed by atoms with van der Waals surface area (Å²) < 4.78 is 11.3. The summed E-state index contributed by atoms with van der Waals surface area (Å²) in [6, 6.07) is 16.8. The van der Waals surface area contributed by atoms with E-state index in [1.54, 1.807) is 14.2 Å². The summed E-state index contributed by atoms with van der Waals surface area (Å²) in [5.74, 6) is 1.73. The number of aliphatic imine (C=N–C) groups is 1. The van der Waals surface area contributed by atoms with Gasteiger partial charge in [-0.1, -0.05) is 42.5 Å². The topological polar surface area (TPSA) is 58.1 Å². The molecule has 2 aromatic carbocycles. The quantitative estimate of drug-likeness (QED) is 0.503. The molecule has 1 saturated heterocycles. The summed E-state index contributed by atoms with van der Waals surface area (Å²) >= 11 is 0. The van der Waals surface area contributed by atoms with Crippen LogP contribution in [-0.2, 0) is 24.2 Å². The first-order chi connectivity index (χ1) is 15.1. The van der Waals surface area contributed by atoms with Crippen molar-refractivity contribution in [3.8, 4) is 5.75 Å². The van der Waals surface area contributed by atoms with Gasteiger partial charge in [-0.25, -0.2) is 0 Å². The summed E-state index contributed by atoms with van der Waals surface area (Å²) in [6.07, 6.45) is 1.43. The molecule has 0 aliphatic carbocycles. The third-order valence-corrected chi connectivity index (χ3v) is 5.56. The molecule has 0 radical (unpaired) electrons. The minimum absolute atomic E-state index is 0.278. The molecule has 31 heavy (non-hydrogen) atoms. The monoisotopic (exact) mass is 424 g/mol. The third kappa shape index (κ3) is 6.97. The summed E-state index contributed by atoms with van der Waals surface area (Å²) in [5.41, 5.74) is 3.83. The third-order valence-electron chi connectivity index (χ3n) is 5.56. The van der Waals surface area contributed by atoms with Gasteiger partial charge in [-0.3, -0.25) is 9.89 Å². The van der Waals surface area contributed by atoms with Crippen LogP contribution in [0.15, 0.2) is 53.5 Å². The molecule has 2 aromatic rings. The highest BCUT2D eigenvalue weighted by atomic mass is 16.5. The fourth-order valence-corrected chi connectivity index (χ4v) is 4.16. The molecule has 0 bridgehead atoms. The van der Waals surface area contributed by atoms with Gasteiger partial charge in [0.2, 0.25) is 0 Å². The Bertz CT molecular complexity index is 845. The maximum absolute atomic E-state index is 5.88. The second kappa shape index (κ2) is 11.7. The molecule has 0 aromatic heterocycles. The van der Waals surface area contributed by atoms with Gasteiger partial charge in [-0.05, 0) is 43.0 Å². The van der Waals surface area contributed by atoms with Crippen LogP contribution < -0.4 is 15.4 Å². The average molecular weight is 425 g/mol. The van der Waals surface area contributed by atoms with Crippen LogP contribution in [0.25, 0.3) is 0 Å². The fourth-order valence-electron chi connectivity index (χ4n) is 4.16. The van der Waals surface area contributed by atoms with Gasteiger partial charge in [0.25, 0.3) is 0 Å². The van der Waals surface area contributed by atoms with Gasteiger partial charge in [-0.2, -0.15) is 0 Å². The number of nitrogens with one attached hydrogen (secondary N) is 2. The van der Waals surface area contributed by atoms with Crippen LogP contribution in [0.4, 0.5) is 0 Å². The van der Waals surface area contributed by atoms with Crippen molar-refractivity contribution >= 4 is 5.96 Å². The molecule has 0 saturated carbocycles. The number of methoxy groups -OCH3 is 1. The molecule has 0 spiro atoms. The van der Waals surface area contributed by atoms with Crippen LogP contribution in [0.3, 0.4) is 0 Å². The maximum Gasteiger partial charge on any atom is 0.191 e. The van der Waals surface area contributed by atoms with Crippen molar-refractivity contribution in [3.63, 3.8) is 0 Å². The fraction of sp³-hybridized carbons (Fsp3) is 0.480. The molecule has 1 aliphatic rings. The molecular formula is C25H36N4O2. The maximum atomic E-state index is 5.88. The first-order valence-corrected chi connectivity index (χ1v) is 11.1. The lowest BCUT2D eigenvalue weighted by molar-refractivity contribution is -0.0705. The van der Waals surface area contributed by atoms with Crippen molar-refractivity contribution in [3.05, 3.63) is 65.2 Å². The zero-order valence-electron chi connectivity index (χ0n) is 19.2. The Labute approximate surface area is 186 Å². The Hall–Kier alpha value is -2.57. The number of para-hydroxylation sites is 1. The highest BCUT2D eigenvalue weighted by Gasteiger charge is 2.22. The minimum Gasteiger partial charge on any atom is -0.496 e. The van der Waals surface area contributed by atoms with Crippen LogP contribution in [-0.4, -0.2) is 56.9 Å². The molecule has 3 rings (SSSR count). The van der Waals surface area contributed by atoms with E-state index in [1.165, 1.54) is 16.7 Å². The summed E-state index contributed by atoms with van der Waals surface area (Å²) in [7, 11) is 3.52. The number of hydrogen-bond acceptors (Lipinski definition) is 4. The Morgan fingerprint density at radius 2 is 1.65 bits per heavy atom. The van der Waals surface area contributed by atoms with E-state index in [0.717, 1.165) is 50.9 Å². The Morgan fingerprint density at radius 1 is 1.00 bits per heavy atom. The number of benzene rings is 2. The van der Waals surface area contributed by atoms with Gasteiger partial charge in [0, 0.05) is 39.8 Å². The minimum atomic E-state index is 0.278. The summed E-state index contributed by atoms with van der Waals surface area (Å²) in [6.45, 7) is 8.70.